The quantitative estimate of drug-likeness (QED) is 0.830. The smallest absolute Gasteiger partial charge is 0.339 e. The molecular formula is C12H18N2O2. The second-order valence-corrected chi connectivity index (χ2v) is 3.90. The Hall–Kier alpha value is -1.58. The first-order valence-electron chi connectivity index (χ1n) is 5.48. The summed E-state index contributed by atoms with van der Waals surface area (Å²) in [7, 11) is 1.88. The molecule has 0 spiro atoms. The van der Waals surface area contributed by atoms with Crippen molar-refractivity contribution in [2.45, 2.75) is 26.7 Å². The Morgan fingerprint density at radius 3 is 2.75 bits per heavy atom. The molecule has 0 atom stereocenters. The van der Waals surface area contributed by atoms with Crippen LogP contribution in [0.2, 0.25) is 0 Å². The molecule has 1 heterocycles. The molecule has 0 aromatic carbocycles. The monoisotopic (exact) mass is 222 g/mol. The Kier molecular flexibility index (Phi) is 4.28. The largest absolute Gasteiger partial charge is 0.478 e. The zero-order chi connectivity index (χ0) is 12.1. The summed E-state index contributed by atoms with van der Waals surface area (Å²) in [5.41, 5.74) is 1.10. The first-order chi connectivity index (χ1) is 7.56. The lowest BCUT2D eigenvalue weighted by Crippen LogP contribution is -2.22. The molecule has 0 radical (unpaired) electrons. The number of carboxylic acid groups (broad SMARTS) is 1. The summed E-state index contributed by atoms with van der Waals surface area (Å²) in [6, 6.07) is 3.34. The summed E-state index contributed by atoms with van der Waals surface area (Å²) in [5.74, 6) is -0.369. The van der Waals surface area contributed by atoms with E-state index in [2.05, 4.69) is 11.9 Å². The summed E-state index contributed by atoms with van der Waals surface area (Å²) in [5, 5.41) is 9.06. The van der Waals surface area contributed by atoms with Crippen LogP contribution in [-0.2, 0) is 0 Å². The van der Waals surface area contributed by atoms with Gasteiger partial charge in [0.05, 0.1) is 0 Å². The topological polar surface area (TPSA) is 53.4 Å². The van der Waals surface area contributed by atoms with Gasteiger partial charge in [-0.2, -0.15) is 0 Å². The number of unbranched alkanes of at least 4 members (excludes halogenated alkanes) is 1. The van der Waals surface area contributed by atoms with Gasteiger partial charge in [-0.1, -0.05) is 13.3 Å². The van der Waals surface area contributed by atoms with Crippen molar-refractivity contribution in [2.75, 3.05) is 18.5 Å². The van der Waals surface area contributed by atoms with E-state index in [4.69, 9.17) is 5.11 Å². The Labute approximate surface area is 95.9 Å². The number of aromatic carboxylic acids is 1. The van der Waals surface area contributed by atoms with Gasteiger partial charge in [0.2, 0.25) is 0 Å². The zero-order valence-corrected chi connectivity index (χ0v) is 10.0. The Morgan fingerprint density at radius 1 is 1.50 bits per heavy atom. The molecule has 0 saturated heterocycles. The van der Waals surface area contributed by atoms with Crippen molar-refractivity contribution in [2.24, 2.45) is 0 Å². The predicted octanol–water partition coefficient (Wildman–Crippen LogP) is 2.32. The Bertz CT molecular complexity index is 377. The fourth-order valence-corrected chi connectivity index (χ4v) is 1.50. The molecule has 0 aliphatic carbocycles. The minimum atomic E-state index is -0.925. The number of nitrogens with zero attached hydrogens (tertiary/aromatic N) is 2. The van der Waals surface area contributed by atoms with Gasteiger partial charge in [0, 0.05) is 19.3 Å². The van der Waals surface area contributed by atoms with Crippen LogP contribution in [0.3, 0.4) is 0 Å². The first kappa shape index (κ1) is 12.5. The number of hydrogen-bond donors (Lipinski definition) is 1. The third-order valence-electron chi connectivity index (χ3n) is 2.45. The Morgan fingerprint density at radius 2 is 2.19 bits per heavy atom. The SMILES string of the molecule is CCCCN(C)c1nc(C)ccc1C(=O)O. The van der Waals surface area contributed by atoms with E-state index < -0.39 is 5.97 Å². The highest BCUT2D eigenvalue weighted by Gasteiger charge is 2.14. The van der Waals surface area contributed by atoms with E-state index in [1.54, 1.807) is 12.1 Å². The molecule has 16 heavy (non-hydrogen) atoms. The van der Waals surface area contributed by atoms with Crippen LogP contribution < -0.4 is 4.90 Å². The van der Waals surface area contributed by atoms with E-state index in [1.165, 1.54) is 0 Å². The van der Waals surface area contributed by atoms with Crippen LogP contribution in [0.1, 0.15) is 35.8 Å². The van der Waals surface area contributed by atoms with Gasteiger partial charge in [0.1, 0.15) is 11.4 Å². The van der Waals surface area contributed by atoms with Crippen LogP contribution in [0.4, 0.5) is 5.82 Å². The van der Waals surface area contributed by atoms with Crippen LogP contribution in [0.15, 0.2) is 12.1 Å². The average molecular weight is 222 g/mol. The number of pyridine rings is 1. The molecule has 0 amide bonds. The highest BCUT2D eigenvalue weighted by atomic mass is 16.4. The molecule has 0 bridgehead atoms. The lowest BCUT2D eigenvalue weighted by molar-refractivity contribution is 0.0697. The maximum absolute atomic E-state index is 11.0. The maximum Gasteiger partial charge on any atom is 0.339 e. The van der Waals surface area contributed by atoms with Gasteiger partial charge in [-0.05, 0) is 25.5 Å². The molecule has 0 aliphatic heterocycles. The second-order valence-electron chi connectivity index (χ2n) is 3.90. The van der Waals surface area contributed by atoms with Gasteiger partial charge >= 0.3 is 5.97 Å². The van der Waals surface area contributed by atoms with E-state index in [0.29, 0.717) is 5.82 Å². The van der Waals surface area contributed by atoms with Gasteiger partial charge in [0.15, 0.2) is 0 Å². The van der Waals surface area contributed by atoms with Gasteiger partial charge < -0.3 is 10.0 Å². The number of aromatic nitrogens is 1. The number of anilines is 1. The molecule has 4 nitrogen and oxygen atoms in total. The van der Waals surface area contributed by atoms with E-state index in [0.717, 1.165) is 25.1 Å². The molecule has 4 heteroatoms. The fraction of sp³-hybridized carbons (Fsp3) is 0.500. The van der Waals surface area contributed by atoms with Crippen LogP contribution >= 0.6 is 0 Å². The summed E-state index contributed by atoms with van der Waals surface area (Å²) < 4.78 is 0. The fourth-order valence-electron chi connectivity index (χ4n) is 1.50. The third kappa shape index (κ3) is 2.95. The van der Waals surface area contributed by atoms with E-state index in [-0.39, 0.29) is 5.56 Å². The van der Waals surface area contributed by atoms with Crippen LogP contribution in [0.25, 0.3) is 0 Å². The van der Waals surface area contributed by atoms with E-state index >= 15 is 0 Å². The van der Waals surface area contributed by atoms with Gasteiger partial charge in [-0.15, -0.1) is 0 Å². The number of carboxylic acids is 1. The summed E-state index contributed by atoms with van der Waals surface area (Å²) >= 11 is 0. The normalized spacial score (nSPS) is 10.2. The second kappa shape index (κ2) is 5.49. The molecule has 0 fully saturated rings. The van der Waals surface area contributed by atoms with Gasteiger partial charge in [0.25, 0.3) is 0 Å². The lowest BCUT2D eigenvalue weighted by atomic mass is 10.2. The molecule has 1 rings (SSSR count). The Balaban J connectivity index is 2.99. The van der Waals surface area contributed by atoms with Crippen molar-refractivity contribution in [1.82, 2.24) is 4.98 Å². The number of carbonyl (C=O) groups is 1. The highest BCUT2D eigenvalue weighted by Crippen LogP contribution is 2.17. The number of hydrogen-bond acceptors (Lipinski definition) is 3. The van der Waals surface area contributed by atoms with Crippen LogP contribution in [0.5, 0.6) is 0 Å². The summed E-state index contributed by atoms with van der Waals surface area (Å²) in [4.78, 5) is 17.2. The summed E-state index contributed by atoms with van der Waals surface area (Å²) in [6.45, 7) is 4.80. The molecule has 88 valence electrons. The van der Waals surface area contributed by atoms with Crippen molar-refractivity contribution in [3.05, 3.63) is 23.4 Å². The summed E-state index contributed by atoms with van der Waals surface area (Å²) in [6.07, 6.45) is 2.11. The molecule has 1 N–H and O–H groups in total. The van der Waals surface area contributed by atoms with Crippen molar-refractivity contribution >= 4 is 11.8 Å². The minimum absolute atomic E-state index is 0.268. The van der Waals surface area contributed by atoms with Crippen molar-refractivity contribution in [1.29, 1.82) is 0 Å². The van der Waals surface area contributed by atoms with Crippen LogP contribution in [0, 0.1) is 6.92 Å². The van der Waals surface area contributed by atoms with E-state index in [1.807, 2.05) is 18.9 Å². The van der Waals surface area contributed by atoms with Crippen LogP contribution in [-0.4, -0.2) is 29.7 Å². The first-order valence-corrected chi connectivity index (χ1v) is 5.48. The highest BCUT2D eigenvalue weighted by molar-refractivity contribution is 5.93. The van der Waals surface area contributed by atoms with Crippen molar-refractivity contribution in [3.8, 4) is 0 Å². The molecule has 1 aromatic rings. The predicted molar refractivity (Wildman–Crippen MR) is 64.1 cm³/mol. The number of aryl methyl sites for hydroxylation is 1. The van der Waals surface area contributed by atoms with Crippen molar-refractivity contribution < 1.29 is 9.90 Å². The molecule has 0 saturated carbocycles. The lowest BCUT2D eigenvalue weighted by Gasteiger charge is -2.19. The van der Waals surface area contributed by atoms with Gasteiger partial charge in [-0.25, -0.2) is 9.78 Å². The standard InChI is InChI=1S/C12H18N2O2/c1-4-5-8-14(3)11-10(12(15)16)7-6-9(2)13-11/h6-7H,4-5,8H2,1-3H3,(H,15,16). The minimum Gasteiger partial charge on any atom is -0.478 e. The van der Waals surface area contributed by atoms with E-state index in [9.17, 15) is 4.79 Å². The third-order valence-corrected chi connectivity index (χ3v) is 2.45. The van der Waals surface area contributed by atoms with Gasteiger partial charge in [-0.3, -0.25) is 0 Å². The zero-order valence-electron chi connectivity index (χ0n) is 10.0. The average Bonchev–Trinajstić information content (AvgIpc) is 2.25. The molecule has 0 aliphatic rings. The molecule has 1 aromatic heterocycles. The molecular weight excluding hydrogens is 204 g/mol. The maximum atomic E-state index is 11.0. The van der Waals surface area contributed by atoms with Crippen molar-refractivity contribution in [3.63, 3.8) is 0 Å². The number of rotatable bonds is 5. The molecule has 0 unspecified atom stereocenters.